The van der Waals surface area contributed by atoms with E-state index in [1.165, 1.54) is 19.3 Å². The second-order valence-corrected chi connectivity index (χ2v) is 3.97. The molecule has 0 spiro atoms. The molecule has 0 bridgehead atoms. The van der Waals surface area contributed by atoms with E-state index < -0.39 is 0 Å². The van der Waals surface area contributed by atoms with Crippen molar-refractivity contribution in [3.8, 4) is 0 Å². The van der Waals surface area contributed by atoms with Gasteiger partial charge in [0, 0.05) is 37.7 Å². The fraction of sp³-hybridized carbons (Fsp3) is 0.636. The molecule has 15 heavy (non-hydrogen) atoms. The van der Waals surface area contributed by atoms with E-state index in [9.17, 15) is 0 Å². The molecule has 2 rings (SSSR count). The molecule has 1 fully saturated rings. The Kier molecular flexibility index (Phi) is 4.05. The fourth-order valence-corrected chi connectivity index (χ4v) is 1.89. The van der Waals surface area contributed by atoms with E-state index >= 15 is 0 Å². The molecular weight excluding hydrogens is 188 g/mol. The number of piperidine rings is 1. The van der Waals surface area contributed by atoms with E-state index in [1.54, 1.807) is 18.6 Å². The summed E-state index contributed by atoms with van der Waals surface area (Å²) in [4.78, 5) is 8.25. The summed E-state index contributed by atoms with van der Waals surface area (Å²) in [6.07, 6.45) is 9.20. The molecule has 4 nitrogen and oxygen atoms in total. The summed E-state index contributed by atoms with van der Waals surface area (Å²) >= 11 is 0. The summed E-state index contributed by atoms with van der Waals surface area (Å²) in [5, 5.41) is 6.91. The summed E-state index contributed by atoms with van der Waals surface area (Å²) < 4.78 is 0. The zero-order chi connectivity index (χ0) is 10.3. The van der Waals surface area contributed by atoms with Crippen molar-refractivity contribution in [1.82, 2.24) is 20.6 Å². The minimum atomic E-state index is 0.635. The van der Waals surface area contributed by atoms with Gasteiger partial charge < -0.3 is 10.6 Å². The number of aromatic nitrogens is 2. The van der Waals surface area contributed by atoms with Gasteiger partial charge in [-0.3, -0.25) is 9.97 Å². The lowest BCUT2D eigenvalue weighted by atomic mass is 10.1. The summed E-state index contributed by atoms with van der Waals surface area (Å²) in [6.45, 7) is 3.00. The monoisotopic (exact) mass is 206 g/mol. The minimum absolute atomic E-state index is 0.635. The number of rotatable bonds is 4. The van der Waals surface area contributed by atoms with Crippen molar-refractivity contribution < 1.29 is 0 Å². The van der Waals surface area contributed by atoms with Gasteiger partial charge in [-0.2, -0.15) is 0 Å². The Balaban J connectivity index is 1.66. The van der Waals surface area contributed by atoms with Crippen molar-refractivity contribution in [1.29, 1.82) is 0 Å². The van der Waals surface area contributed by atoms with Crippen molar-refractivity contribution in [2.45, 2.75) is 31.8 Å². The Bertz CT molecular complexity index is 269. The first-order valence-electron chi connectivity index (χ1n) is 5.64. The highest BCUT2D eigenvalue weighted by Gasteiger charge is 2.11. The maximum Gasteiger partial charge on any atom is 0.0724 e. The highest BCUT2D eigenvalue weighted by atomic mass is 15.0. The smallest absolute Gasteiger partial charge is 0.0724 e. The van der Waals surface area contributed by atoms with Gasteiger partial charge in [-0.1, -0.05) is 6.42 Å². The highest BCUT2D eigenvalue weighted by molar-refractivity contribution is 4.93. The van der Waals surface area contributed by atoms with Gasteiger partial charge in [0.1, 0.15) is 0 Å². The fourth-order valence-electron chi connectivity index (χ4n) is 1.89. The number of hydrogen-bond donors (Lipinski definition) is 2. The lowest BCUT2D eigenvalue weighted by Crippen LogP contribution is -2.41. The van der Waals surface area contributed by atoms with E-state index in [2.05, 4.69) is 20.6 Å². The molecule has 1 unspecified atom stereocenters. The van der Waals surface area contributed by atoms with Crippen LogP contribution in [0, 0.1) is 0 Å². The van der Waals surface area contributed by atoms with Crippen LogP contribution in [0.25, 0.3) is 0 Å². The maximum absolute atomic E-state index is 4.22. The first-order chi connectivity index (χ1) is 7.45. The Labute approximate surface area is 90.5 Å². The Morgan fingerprint density at radius 3 is 3.13 bits per heavy atom. The molecule has 1 aliphatic rings. The van der Waals surface area contributed by atoms with Gasteiger partial charge in [0.05, 0.1) is 5.69 Å². The molecular formula is C11H18N4. The molecule has 1 aromatic heterocycles. The van der Waals surface area contributed by atoms with Crippen molar-refractivity contribution in [3.05, 3.63) is 24.3 Å². The van der Waals surface area contributed by atoms with Gasteiger partial charge in [-0.05, 0) is 19.4 Å². The summed E-state index contributed by atoms with van der Waals surface area (Å²) in [6, 6.07) is 0.635. The molecule has 0 saturated carbocycles. The summed E-state index contributed by atoms with van der Waals surface area (Å²) in [5.74, 6) is 0. The van der Waals surface area contributed by atoms with Crippen molar-refractivity contribution in [2.24, 2.45) is 0 Å². The van der Waals surface area contributed by atoms with Gasteiger partial charge in [0.15, 0.2) is 0 Å². The van der Waals surface area contributed by atoms with Gasteiger partial charge in [0.2, 0.25) is 0 Å². The van der Waals surface area contributed by atoms with Crippen molar-refractivity contribution >= 4 is 0 Å². The summed E-state index contributed by atoms with van der Waals surface area (Å²) in [7, 11) is 0. The third kappa shape index (κ3) is 3.57. The molecule has 1 aliphatic heterocycles. The van der Waals surface area contributed by atoms with Crippen molar-refractivity contribution in [3.63, 3.8) is 0 Å². The number of hydrogen-bond acceptors (Lipinski definition) is 4. The first kappa shape index (κ1) is 10.5. The van der Waals surface area contributed by atoms with Crippen LogP contribution in [0.15, 0.2) is 18.6 Å². The molecule has 2 N–H and O–H groups in total. The largest absolute Gasteiger partial charge is 0.313 e. The molecule has 0 amide bonds. The maximum atomic E-state index is 4.22. The van der Waals surface area contributed by atoms with Crippen LogP contribution < -0.4 is 10.6 Å². The standard InChI is InChI=1S/C11H18N4/c1-2-4-14-10(3-1)7-13-9-11-8-12-5-6-15-11/h5-6,8,10,13-14H,1-4,7,9H2. The third-order valence-electron chi connectivity index (χ3n) is 2.73. The van der Waals surface area contributed by atoms with Gasteiger partial charge >= 0.3 is 0 Å². The highest BCUT2D eigenvalue weighted by Crippen LogP contribution is 2.05. The topological polar surface area (TPSA) is 49.8 Å². The lowest BCUT2D eigenvalue weighted by Gasteiger charge is -2.23. The molecule has 1 aromatic rings. The average Bonchev–Trinajstić information content (AvgIpc) is 2.32. The average molecular weight is 206 g/mol. The van der Waals surface area contributed by atoms with Gasteiger partial charge in [0.25, 0.3) is 0 Å². The molecule has 4 heteroatoms. The van der Waals surface area contributed by atoms with E-state index in [0.29, 0.717) is 6.04 Å². The quantitative estimate of drug-likeness (QED) is 0.761. The van der Waals surface area contributed by atoms with Crippen LogP contribution >= 0.6 is 0 Å². The van der Waals surface area contributed by atoms with E-state index in [4.69, 9.17) is 0 Å². The first-order valence-corrected chi connectivity index (χ1v) is 5.64. The second-order valence-electron chi connectivity index (χ2n) is 3.97. The van der Waals surface area contributed by atoms with Crippen LogP contribution in [0.5, 0.6) is 0 Å². The summed E-state index contributed by atoms with van der Waals surface area (Å²) in [5.41, 5.74) is 1.01. The molecule has 1 saturated heterocycles. The number of nitrogens with one attached hydrogen (secondary N) is 2. The van der Waals surface area contributed by atoms with E-state index in [-0.39, 0.29) is 0 Å². The van der Waals surface area contributed by atoms with Crippen LogP contribution in [0.3, 0.4) is 0 Å². The molecule has 0 aliphatic carbocycles. The predicted molar refractivity (Wildman–Crippen MR) is 59.4 cm³/mol. The zero-order valence-electron chi connectivity index (χ0n) is 8.95. The Morgan fingerprint density at radius 1 is 1.40 bits per heavy atom. The van der Waals surface area contributed by atoms with Crippen LogP contribution in [-0.2, 0) is 6.54 Å². The van der Waals surface area contributed by atoms with Crippen LogP contribution in [0.4, 0.5) is 0 Å². The molecule has 82 valence electrons. The Hall–Kier alpha value is -1.00. The lowest BCUT2D eigenvalue weighted by molar-refractivity contribution is 0.382. The SMILES string of the molecule is c1cnc(CNCC2CCCCN2)cn1. The van der Waals surface area contributed by atoms with Gasteiger partial charge in [-0.15, -0.1) is 0 Å². The van der Waals surface area contributed by atoms with Crippen LogP contribution in [0.1, 0.15) is 25.0 Å². The predicted octanol–water partition coefficient (Wildman–Crippen LogP) is 0.708. The Morgan fingerprint density at radius 2 is 2.40 bits per heavy atom. The van der Waals surface area contributed by atoms with E-state index in [0.717, 1.165) is 25.3 Å². The zero-order valence-corrected chi connectivity index (χ0v) is 8.95. The second kappa shape index (κ2) is 5.78. The van der Waals surface area contributed by atoms with Crippen molar-refractivity contribution in [2.75, 3.05) is 13.1 Å². The minimum Gasteiger partial charge on any atom is -0.313 e. The van der Waals surface area contributed by atoms with Gasteiger partial charge in [-0.25, -0.2) is 0 Å². The molecule has 1 atom stereocenters. The van der Waals surface area contributed by atoms with Crippen LogP contribution in [-0.4, -0.2) is 29.1 Å². The molecule has 2 heterocycles. The van der Waals surface area contributed by atoms with Crippen LogP contribution in [0.2, 0.25) is 0 Å². The normalized spacial score (nSPS) is 21.5. The molecule has 0 radical (unpaired) electrons. The molecule has 0 aromatic carbocycles. The third-order valence-corrected chi connectivity index (χ3v) is 2.73. The number of nitrogens with zero attached hydrogens (tertiary/aromatic N) is 2. The van der Waals surface area contributed by atoms with E-state index in [1.807, 2.05) is 0 Å².